The normalized spacial score (nSPS) is 18.2. The molecule has 1 aliphatic heterocycles. The molecule has 1 atom stereocenters. The molecule has 1 aromatic carbocycles. The van der Waals surface area contributed by atoms with Gasteiger partial charge in [0.2, 0.25) is 0 Å². The van der Waals surface area contributed by atoms with E-state index in [1.807, 2.05) is 11.0 Å². The van der Waals surface area contributed by atoms with E-state index in [1.54, 1.807) is 24.6 Å². The summed E-state index contributed by atoms with van der Waals surface area (Å²) in [6.45, 7) is 2.40. The molecule has 0 spiro atoms. The topological polar surface area (TPSA) is 68.5 Å². The molecule has 128 valence electrons. The number of aromatic nitrogens is 2. The van der Waals surface area contributed by atoms with Crippen molar-refractivity contribution in [3.63, 3.8) is 0 Å². The number of ether oxygens (including phenoxy) is 1. The van der Waals surface area contributed by atoms with E-state index in [9.17, 15) is 4.79 Å². The average molecular weight is 337 g/mol. The minimum Gasteiger partial charge on any atom is -0.464 e. The maximum atomic E-state index is 12.6. The third kappa shape index (κ3) is 3.53. The predicted molar refractivity (Wildman–Crippen MR) is 92.2 cm³/mol. The molecular weight excluding hydrogens is 318 g/mol. The molecule has 0 aliphatic carbocycles. The molecule has 25 heavy (non-hydrogen) atoms. The van der Waals surface area contributed by atoms with Crippen molar-refractivity contribution < 1.29 is 13.9 Å². The Morgan fingerprint density at radius 2 is 2.24 bits per heavy atom. The Morgan fingerprint density at radius 3 is 3.12 bits per heavy atom. The van der Waals surface area contributed by atoms with Crippen LogP contribution in [0.15, 0.2) is 53.3 Å². The number of rotatable bonds is 3. The summed E-state index contributed by atoms with van der Waals surface area (Å²) in [5.41, 5.74) is 2.45. The van der Waals surface area contributed by atoms with Crippen LogP contribution >= 0.6 is 0 Å². The molecule has 0 bridgehead atoms. The van der Waals surface area contributed by atoms with E-state index < -0.39 is 0 Å². The largest absolute Gasteiger partial charge is 0.464 e. The SMILES string of the molecule is O=C(c1cccnn1)N1CCOC[C@@H](Cc2ccc3ccoc3c2)C1. The van der Waals surface area contributed by atoms with Crippen molar-refractivity contribution in [2.45, 2.75) is 6.42 Å². The molecule has 2 aromatic heterocycles. The van der Waals surface area contributed by atoms with Crippen LogP contribution in [0.2, 0.25) is 0 Å². The number of carbonyl (C=O) groups excluding carboxylic acids is 1. The average Bonchev–Trinajstić information content (AvgIpc) is 2.99. The Labute approximate surface area is 145 Å². The third-order valence-electron chi connectivity index (χ3n) is 4.46. The fourth-order valence-corrected chi connectivity index (χ4v) is 3.23. The standard InChI is InChI=1S/C19H19N3O3/c23-19(17-2-1-6-20-21-17)22-7-9-24-13-15(12-22)10-14-3-4-16-5-8-25-18(16)11-14/h1-6,8,11,15H,7,9-10,12-13H2/t15-/m0/s1. The molecule has 6 heteroatoms. The van der Waals surface area contributed by atoms with Gasteiger partial charge in [0.05, 0.1) is 19.5 Å². The molecule has 1 aliphatic rings. The highest BCUT2D eigenvalue weighted by Gasteiger charge is 2.24. The number of hydrogen-bond donors (Lipinski definition) is 0. The molecule has 0 unspecified atom stereocenters. The minimum absolute atomic E-state index is 0.0925. The molecule has 3 aromatic rings. The van der Waals surface area contributed by atoms with E-state index >= 15 is 0 Å². The molecule has 1 fully saturated rings. The van der Waals surface area contributed by atoms with Crippen molar-refractivity contribution >= 4 is 16.9 Å². The maximum Gasteiger partial charge on any atom is 0.274 e. The highest BCUT2D eigenvalue weighted by Crippen LogP contribution is 2.21. The number of hydrogen-bond acceptors (Lipinski definition) is 5. The minimum atomic E-state index is -0.0925. The summed E-state index contributed by atoms with van der Waals surface area (Å²) >= 11 is 0. The van der Waals surface area contributed by atoms with Gasteiger partial charge in [0.15, 0.2) is 5.69 Å². The zero-order valence-electron chi connectivity index (χ0n) is 13.8. The van der Waals surface area contributed by atoms with Crippen LogP contribution in [0.4, 0.5) is 0 Å². The van der Waals surface area contributed by atoms with Gasteiger partial charge in [0, 0.05) is 30.6 Å². The summed E-state index contributed by atoms with van der Waals surface area (Å²) in [7, 11) is 0. The lowest BCUT2D eigenvalue weighted by Gasteiger charge is -2.23. The summed E-state index contributed by atoms with van der Waals surface area (Å²) in [5.74, 6) is 0.139. The number of fused-ring (bicyclic) bond motifs is 1. The van der Waals surface area contributed by atoms with Gasteiger partial charge >= 0.3 is 0 Å². The van der Waals surface area contributed by atoms with Gasteiger partial charge in [-0.1, -0.05) is 12.1 Å². The van der Waals surface area contributed by atoms with Gasteiger partial charge in [-0.2, -0.15) is 5.10 Å². The molecule has 1 saturated heterocycles. The number of nitrogens with zero attached hydrogens (tertiary/aromatic N) is 3. The lowest BCUT2D eigenvalue weighted by molar-refractivity contribution is 0.0730. The second-order valence-electron chi connectivity index (χ2n) is 6.30. The van der Waals surface area contributed by atoms with Crippen LogP contribution in [0.5, 0.6) is 0 Å². The number of furan rings is 1. The summed E-state index contributed by atoms with van der Waals surface area (Å²) in [6, 6.07) is 11.6. The first-order valence-electron chi connectivity index (χ1n) is 8.40. The van der Waals surface area contributed by atoms with Crippen molar-refractivity contribution in [2.75, 3.05) is 26.3 Å². The Kier molecular flexibility index (Phi) is 4.43. The monoisotopic (exact) mass is 337 g/mol. The van der Waals surface area contributed by atoms with E-state index in [0.717, 1.165) is 17.4 Å². The van der Waals surface area contributed by atoms with E-state index in [-0.39, 0.29) is 11.8 Å². The van der Waals surface area contributed by atoms with Gasteiger partial charge < -0.3 is 14.1 Å². The highest BCUT2D eigenvalue weighted by atomic mass is 16.5. The van der Waals surface area contributed by atoms with Gasteiger partial charge in [0.1, 0.15) is 5.58 Å². The lowest BCUT2D eigenvalue weighted by Crippen LogP contribution is -2.37. The molecule has 3 heterocycles. The van der Waals surface area contributed by atoms with Crippen LogP contribution < -0.4 is 0 Å². The number of benzene rings is 1. The zero-order chi connectivity index (χ0) is 17.1. The van der Waals surface area contributed by atoms with E-state index in [4.69, 9.17) is 9.15 Å². The van der Waals surface area contributed by atoms with Crippen LogP contribution in [0.25, 0.3) is 11.0 Å². The van der Waals surface area contributed by atoms with Crippen LogP contribution in [0.3, 0.4) is 0 Å². The first-order valence-corrected chi connectivity index (χ1v) is 8.40. The van der Waals surface area contributed by atoms with E-state index in [0.29, 0.717) is 32.0 Å². The lowest BCUT2D eigenvalue weighted by atomic mass is 9.99. The molecular formula is C19H19N3O3. The van der Waals surface area contributed by atoms with Gasteiger partial charge in [-0.15, -0.1) is 5.10 Å². The molecule has 0 radical (unpaired) electrons. The Balaban J connectivity index is 1.48. The summed E-state index contributed by atoms with van der Waals surface area (Å²) in [6.07, 6.45) is 4.10. The summed E-state index contributed by atoms with van der Waals surface area (Å²) in [4.78, 5) is 14.5. The Hall–Kier alpha value is -2.73. The van der Waals surface area contributed by atoms with Crippen molar-refractivity contribution in [1.82, 2.24) is 15.1 Å². The molecule has 0 N–H and O–H groups in total. The number of carbonyl (C=O) groups is 1. The molecule has 4 rings (SSSR count). The Bertz CT molecular complexity index is 862. The van der Waals surface area contributed by atoms with Crippen molar-refractivity contribution in [1.29, 1.82) is 0 Å². The maximum absolute atomic E-state index is 12.6. The van der Waals surface area contributed by atoms with Crippen LogP contribution in [0, 0.1) is 5.92 Å². The first-order chi connectivity index (χ1) is 12.3. The van der Waals surface area contributed by atoms with Crippen LogP contribution in [-0.2, 0) is 11.2 Å². The first kappa shape index (κ1) is 15.8. The van der Waals surface area contributed by atoms with Gasteiger partial charge in [-0.25, -0.2) is 0 Å². The smallest absolute Gasteiger partial charge is 0.274 e. The van der Waals surface area contributed by atoms with Crippen molar-refractivity contribution in [2.24, 2.45) is 5.92 Å². The molecule has 6 nitrogen and oxygen atoms in total. The molecule has 1 amide bonds. The second kappa shape index (κ2) is 7.03. The van der Waals surface area contributed by atoms with E-state index in [2.05, 4.69) is 28.4 Å². The van der Waals surface area contributed by atoms with Gasteiger partial charge in [-0.3, -0.25) is 4.79 Å². The van der Waals surface area contributed by atoms with E-state index in [1.165, 1.54) is 5.56 Å². The summed E-state index contributed by atoms with van der Waals surface area (Å²) in [5, 5.41) is 8.82. The highest BCUT2D eigenvalue weighted by molar-refractivity contribution is 5.92. The van der Waals surface area contributed by atoms with Crippen molar-refractivity contribution in [3.05, 3.63) is 60.1 Å². The van der Waals surface area contributed by atoms with Crippen molar-refractivity contribution in [3.8, 4) is 0 Å². The fraction of sp³-hybridized carbons (Fsp3) is 0.316. The zero-order valence-corrected chi connectivity index (χ0v) is 13.8. The Morgan fingerprint density at radius 1 is 1.28 bits per heavy atom. The van der Waals surface area contributed by atoms with Crippen LogP contribution in [0.1, 0.15) is 16.1 Å². The predicted octanol–water partition coefficient (Wildman–Crippen LogP) is 2.55. The third-order valence-corrected chi connectivity index (χ3v) is 4.46. The fourth-order valence-electron chi connectivity index (χ4n) is 3.23. The van der Waals surface area contributed by atoms with Crippen LogP contribution in [-0.4, -0.2) is 47.3 Å². The quantitative estimate of drug-likeness (QED) is 0.735. The molecule has 0 saturated carbocycles. The number of amides is 1. The van der Waals surface area contributed by atoms with Gasteiger partial charge in [0.25, 0.3) is 5.91 Å². The second-order valence-corrected chi connectivity index (χ2v) is 6.30. The van der Waals surface area contributed by atoms with Gasteiger partial charge in [-0.05, 0) is 36.2 Å². The summed E-state index contributed by atoms with van der Waals surface area (Å²) < 4.78 is 11.2.